The molecule has 0 radical (unpaired) electrons. The predicted octanol–water partition coefficient (Wildman–Crippen LogP) is 2.73. The highest BCUT2D eigenvalue weighted by atomic mass is 31.1. The van der Waals surface area contributed by atoms with Crippen molar-refractivity contribution in [2.45, 2.75) is 13.5 Å². The summed E-state index contributed by atoms with van der Waals surface area (Å²) in [7, 11) is -2.55. The fourth-order valence-electron chi connectivity index (χ4n) is 1.24. The zero-order valence-electron chi connectivity index (χ0n) is 9.05. The van der Waals surface area contributed by atoms with Crippen molar-refractivity contribution >= 4 is 8.25 Å². The standard InChI is InChI=1S/C11H13O4P/c1-3-6-14-11-5-4-10(7-9(11)2)8-15-16(12)13/h3-5,7H,1,6,8H2,2H3/p+1. The highest BCUT2D eigenvalue weighted by Crippen LogP contribution is 2.22. The van der Waals surface area contributed by atoms with E-state index in [0.29, 0.717) is 6.61 Å². The summed E-state index contributed by atoms with van der Waals surface area (Å²) >= 11 is 0. The fraction of sp³-hybridized carbons (Fsp3) is 0.273. The summed E-state index contributed by atoms with van der Waals surface area (Å²) in [4.78, 5) is 8.50. The first kappa shape index (κ1) is 12.8. The first-order chi connectivity index (χ1) is 7.63. The third-order valence-corrected chi connectivity index (χ3v) is 2.29. The van der Waals surface area contributed by atoms with E-state index in [2.05, 4.69) is 11.1 Å². The van der Waals surface area contributed by atoms with E-state index in [9.17, 15) is 4.57 Å². The van der Waals surface area contributed by atoms with Crippen LogP contribution in [0.2, 0.25) is 0 Å². The molecule has 1 aromatic carbocycles. The van der Waals surface area contributed by atoms with Crippen LogP contribution < -0.4 is 4.74 Å². The van der Waals surface area contributed by atoms with Crippen molar-refractivity contribution in [2.24, 2.45) is 0 Å². The van der Waals surface area contributed by atoms with Gasteiger partial charge in [0.1, 0.15) is 19.0 Å². The molecule has 86 valence electrons. The summed E-state index contributed by atoms with van der Waals surface area (Å²) in [5.41, 5.74) is 1.79. The van der Waals surface area contributed by atoms with Gasteiger partial charge in [0, 0.05) is 4.57 Å². The van der Waals surface area contributed by atoms with E-state index in [4.69, 9.17) is 9.63 Å². The Morgan fingerprint density at radius 1 is 1.56 bits per heavy atom. The van der Waals surface area contributed by atoms with Gasteiger partial charge in [-0.05, 0) is 30.2 Å². The Morgan fingerprint density at radius 3 is 2.88 bits per heavy atom. The summed E-state index contributed by atoms with van der Waals surface area (Å²) < 4.78 is 20.4. The Morgan fingerprint density at radius 2 is 2.31 bits per heavy atom. The molecule has 0 spiro atoms. The first-order valence-electron chi connectivity index (χ1n) is 4.75. The molecular weight excluding hydrogens is 227 g/mol. The number of hydrogen-bond acceptors (Lipinski definition) is 3. The maximum atomic E-state index is 10.4. The Kier molecular flexibility index (Phi) is 5.12. The van der Waals surface area contributed by atoms with Crippen molar-refractivity contribution in [1.82, 2.24) is 0 Å². The molecule has 1 unspecified atom stereocenters. The molecule has 1 aromatic rings. The highest BCUT2D eigenvalue weighted by Gasteiger charge is 2.12. The van der Waals surface area contributed by atoms with Gasteiger partial charge in [-0.1, -0.05) is 18.7 Å². The van der Waals surface area contributed by atoms with E-state index in [1.807, 2.05) is 19.1 Å². The third-order valence-electron chi connectivity index (χ3n) is 1.94. The van der Waals surface area contributed by atoms with E-state index in [1.165, 1.54) is 0 Å². The van der Waals surface area contributed by atoms with Gasteiger partial charge in [0.2, 0.25) is 0 Å². The van der Waals surface area contributed by atoms with Crippen LogP contribution in [0.15, 0.2) is 30.9 Å². The topological polar surface area (TPSA) is 55.8 Å². The van der Waals surface area contributed by atoms with Gasteiger partial charge in [-0.15, -0.1) is 9.42 Å². The Bertz CT molecular complexity index is 390. The van der Waals surface area contributed by atoms with Crippen molar-refractivity contribution in [2.75, 3.05) is 6.61 Å². The molecule has 0 amide bonds. The smallest absolute Gasteiger partial charge is 0.489 e. The van der Waals surface area contributed by atoms with E-state index in [0.717, 1.165) is 16.9 Å². The average Bonchev–Trinajstić information content (AvgIpc) is 2.25. The van der Waals surface area contributed by atoms with Crippen LogP contribution in [0.1, 0.15) is 11.1 Å². The van der Waals surface area contributed by atoms with Crippen molar-refractivity contribution in [3.05, 3.63) is 42.0 Å². The number of rotatable bonds is 6. The molecule has 5 heteroatoms. The van der Waals surface area contributed by atoms with Crippen LogP contribution in [0, 0.1) is 6.92 Å². The van der Waals surface area contributed by atoms with Gasteiger partial charge in [-0.3, -0.25) is 0 Å². The van der Waals surface area contributed by atoms with Gasteiger partial charge in [0.15, 0.2) is 0 Å². The molecule has 0 bridgehead atoms. The fourth-order valence-corrected chi connectivity index (χ4v) is 1.50. The summed E-state index contributed by atoms with van der Waals surface area (Å²) in [6.07, 6.45) is 1.67. The molecule has 4 nitrogen and oxygen atoms in total. The molecule has 0 saturated heterocycles. The normalized spacial score (nSPS) is 11.0. The Balaban J connectivity index is 2.66. The van der Waals surface area contributed by atoms with E-state index < -0.39 is 8.25 Å². The SMILES string of the molecule is C=CCOc1ccc(CO[P+](=O)O)cc1C. The van der Waals surface area contributed by atoms with Crippen LogP contribution in [0.5, 0.6) is 5.75 Å². The minimum atomic E-state index is -2.55. The molecule has 1 rings (SSSR count). The van der Waals surface area contributed by atoms with E-state index in [1.54, 1.807) is 12.1 Å². The molecule has 0 aromatic heterocycles. The molecular formula is C11H14O4P+. The van der Waals surface area contributed by atoms with Crippen molar-refractivity contribution in [3.8, 4) is 5.75 Å². The molecule has 0 aliphatic heterocycles. The summed E-state index contributed by atoms with van der Waals surface area (Å²) in [5, 5.41) is 0. The molecule has 0 heterocycles. The monoisotopic (exact) mass is 241 g/mol. The van der Waals surface area contributed by atoms with Crippen LogP contribution in [0.25, 0.3) is 0 Å². The molecule has 0 aliphatic rings. The second kappa shape index (κ2) is 6.38. The van der Waals surface area contributed by atoms with Crippen LogP contribution in [0.3, 0.4) is 0 Å². The first-order valence-corrected chi connectivity index (χ1v) is 5.89. The zero-order valence-corrected chi connectivity index (χ0v) is 9.94. The predicted molar refractivity (Wildman–Crippen MR) is 61.5 cm³/mol. The number of benzene rings is 1. The summed E-state index contributed by atoms with van der Waals surface area (Å²) in [6, 6.07) is 5.46. The lowest BCUT2D eigenvalue weighted by Crippen LogP contribution is -1.96. The molecule has 16 heavy (non-hydrogen) atoms. The second-order valence-corrected chi connectivity index (χ2v) is 3.94. The molecule has 0 aliphatic carbocycles. The lowest BCUT2D eigenvalue weighted by molar-refractivity contribution is 0.272. The molecule has 1 atom stereocenters. The van der Waals surface area contributed by atoms with Crippen LogP contribution in [-0.4, -0.2) is 11.5 Å². The summed E-state index contributed by atoms with van der Waals surface area (Å²) in [6.45, 7) is 6.05. The maximum absolute atomic E-state index is 10.4. The number of hydrogen-bond donors (Lipinski definition) is 1. The van der Waals surface area contributed by atoms with Crippen molar-refractivity contribution in [3.63, 3.8) is 0 Å². The molecule has 0 saturated carbocycles. The van der Waals surface area contributed by atoms with Gasteiger partial charge in [-0.25, -0.2) is 0 Å². The number of ether oxygens (including phenoxy) is 1. The van der Waals surface area contributed by atoms with Gasteiger partial charge in [0.05, 0.1) is 0 Å². The van der Waals surface area contributed by atoms with Crippen LogP contribution in [-0.2, 0) is 15.7 Å². The van der Waals surface area contributed by atoms with E-state index in [-0.39, 0.29) is 6.61 Å². The minimum absolute atomic E-state index is 0.119. The molecule has 0 fully saturated rings. The molecule has 1 N–H and O–H groups in total. The lowest BCUT2D eigenvalue weighted by Gasteiger charge is -2.07. The second-order valence-electron chi connectivity index (χ2n) is 3.21. The largest absolute Gasteiger partial charge is 0.695 e. The van der Waals surface area contributed by atoms with Gasteiger partial charge in [-0.2, -0.15) is 0 Å². The van der Waals surface area contributed by atoms with Crippen molar-refractivity contribution in [1.29, 1.82) is 0 Å². The Hall–Kier alpha value is -1.22. The van der Waals surface area contributed by atoms with Gasteiger partial charge in [0.25, 0.3) is 0 Å². The van der Waals surface area contributed by atoms with Gasteiger partial charge >= 0.3 is 8.25 Å². The van der Waals surface area contributed by atoms with Crippen LogP contribution >= 0.6 is 8.25 Å². The van der Waals surface area contributed by atoms with Gasteiger partial charge < -0.3 is 4.74 Å². The zero-order chi connectivity index (χ0) is 12.0. The highest BCUT2D eigenvalue weighted by molar-refractivity contribution is 7.32. The number of aryl methyl sites for hydroxylation is 1. The lowest BCUT2D eigenvalue weighted by atomic mass is 10.1. The maximum Gasteiger partial charge on any atom is 0.695 e. The average molecular weight is 241 g/mol. The van der Waals surface area contributed by atoms with E-state index >= 15 is 0 Å². The van der Waals surface area contributed by atoms with Crippen molar-refractivity contribution < 1.29 is 18.7 Å². The Labute approximate surface area is 95.5 Å². The van der Waals surface area contributed by atoms with Crippen LogP contribution in [0.4, 0.5) is 0 Å². The third kappa shape index (κ3) is 4.11. The quantitative estimate of drug-likeness (QED) is 0.614. The summed E-state index contributed by atoms with van der Waals surface area (Å²) in [5.74, 6) is 0.775. The minimum Gasteiger partial charge on any atom is -0.489 e.